The third-order valence-corrected chi connectivity index (χ3v) is 4.81. The Morgan fingerprint density at radius 1 is 1.09 bits per heavy atom. The molecule has 1 amide bonds. The number of para-hydroxylation sites is 1. The van der Waals surface area contributed by atoms with Gasteiger partial charge in [0.15, 0.2) is 0 Å². The van der Waals surface area contributed by atoms with Crippen LogP contribution < -0.4 is 14.9 Å². The first-order valence-corrected chi connectivity index (χ1v) is 8.71. The minimum absolute atomic E-state index is 0.0854. The van der Waals surface area contributed by atoms with E-state index in [9.17, 15) is 13.2 Å². The molecule has 1 fully saturated rings. The van der Waals surface area contributed by atoms with Gasteiger partial charge in [-0.1, -0.05) is 29.8 Å². The Balaban J connectivity index is 1.89. The van der Waals surface area contributed by atoms with Gasteiger partial charge >= 0.3 is 0 Å². The zero-order chi connectivity index (χ0) is 16.6. The lowest BCUT2D eigenvalue weighted by Gasteiger charge is -2.20. The number of rotatable bonds is 3. The van der Waals surface area contributed by atoms with Gasteiger partial charge in [-0.15, -0.1) is 0 Å². The molecular formula is C15H14ClN3O3S. The van der Waals surface area contributed by atoms with Gasteiger partial charge in [0.25, 0.3) is 0 Å². The zero-order valence-electron chi connectivity index (χ0n) is 12.0. The van der Waals surface area contributed by atoms with Gasteiger partial charge in [0.05, 0.1) is 28.8 Å². The number of anilines is 2. The van der Waals surface area contributed by atoms with E-state index in [1.54, 1.807) is 0 Å². The Morgan fingerprint density at radius 2 is 1.78 bits per heavy atom. The van der Waals surface area contributed by atoms with E-state index in [0.717, 1.165) is 5.69 Å². The van der Waals surface area contributed by atoms with E-state index in [2.05, 4.69) is 0 Å². The fraction of sp³-hybridized carbons (Fsp3) is 0.133. The number of primary sulfonamides is 1. The fourth-order valence-electron chi connectivity index (χ4n) is 2.45. The molecule has 23 heavy (non-hydrogen) atoms. The zero-order valence-corrected chi connectivity index (χ0v) is 13.6. The van der Waals surface area contributed by atoms with Gasteiger partial charge in [-0.05, 0) is 30.3 Å². The molecule has 2 aromatic rings. The summed E-state index contributed by atoms with van der Waals surface area (Å²) < 4.78 is 22.7. The van der Waals surface area contributed by atoms with Crippen molar-refractivity contribution in [1.82, 2.24) is 0 Å². The number of benzene rings is 2. The van der Waals surface area contributed by atoms with Crippen LogP contribution in [0.25, 0.3) is 0 Å². The van der Waals surface area contributed by atoms with Gasteiger partial charge in [-0.2, -0.15) is 0 Å². The minimum Gasteiger partial charge on any atom is -0.344 e. The maximum atomic E-state index is 12.3. The molecule has 1 aliphatic heterocycles. The highest BCUT2D eigenvalue weighted by atomic mass is 35.5. The van der Waals surface area contributed by atoms with Crippen molar-refractivity contribution >= 4 is 38.9 Å². The van der Waals surface area contributed by atoms with Crippen LogP contribution in [0.2, 0.25) is 5.02 Å². The standard InChI is InChI=1S/C15H14ClN3O3S/c16-13-8-12(23(17,21)22)6-7-14(13)19-10-18(9-15(19)20)11-4-2-1-3-5-11/h1-8H,9-10H2,(H2,17,21,22). The van der Waals surface area contributed by atoms with Crippen LogP contribution in [-0.2, 0) is 14.8 Å². The number of nitrogens with two attached hydrogens (primary N) is 1. The van der Waals surface area contributed by atoms with Crippen LogP contribution in [0.15, 0.2) is 53.4 Å². The summed E-state index contributed by atoms with van der Waals surface area (Å²) in [5.41, 5.74) is 1.39. The van der Waals surface area contributed by atoms with Gasteiger partial charge in [0.1, 0.15) is 0 Å². The van der Waals surface area contributed by atoms with E-state index < -0.39 is 10.0 Å². The van der Waals surface area contributed by atoms with E-state index in [-0.39, 0.29) is 22.4 Å². The van der Waals surface area contributed by atoms with Gasteiger partial charge in [-0.25, -0.2) is 13.6 Å². The number of hydrogen-bond acceptors (Lipinski definition) is 4. The highest BCUT2D eigenvalue weighted by molar-refractivity contribution is 7.89. The van der Waals surface area contributed by atoms with E-state index in [4.69, 9.17) is 16.7 Å². The van der Waals surface area contributed by atoms with Crippen molar-refractivity contribution in [2.24, 2.45) is 5.14 Å². The van der Waals surface area contributed by atoms with Crippen LogP contribution in [0.1, 0.15) is 0 Å². The topological polar surface area (TPSA) is 83.7 Å². The largest absolute Gasteiger partial charge is 0.344 e. The average molecular weight is 352 g/mol. The van der Waals surface area contributed by atoms with Crippen molar-refractivity contribution in [1.29, 1.82) is 0 Å². The highest BCUT2D eigenvalue weighted by Gasteiger charge is 2.30. The van der Waals surface area contributed by atoms with Crippen LogP contribution in [0, 0.1) is 0 Å². The molecule has 0 unspecified atom stereocenters. The molecule has 0 aromatic heterocycles. The summed E-state index contributed by atoms with van der Waals surface area (Å²) in [6, 6.07) is 13.6. The van der Waals surface area contributed by atoms with Crippen molar-refractivity contribution in [3.8, 4) is 0 Å². The normalized spacial score (nSPS) is 15.3. The predicted molar refractivity (Wildman–Crippen MR) is 89.0 cm³/mol. The monoisotopic (exact) mass is 351 g/mol. The van der Waals surface area contributed by atoms with E-state index in [0.29, 0.717) is 12.4 Å². The summed E-state index contributed by atoms with van der Waals surface area (Å²) in [5, 5.41) is 5.25. The Hall–Kier alpha value is -2.09. The van der Waals surface area contributed by atoms with Crippen LogP contribution in [0.4, 0.5) is 11.4 Å². The second kappa shape index (κ2) is 5.84. The van der Waals surface area contributed by atoms with E-state index in [1.807, 2.05) is 35.2 Å². The maximum absolute atomic E-state index is 12.3. The molecule has 0 spiro atoms. The Kier molecular flexibility index (Phi) is 4.01. The third-order valence-electron chi connectivity index (χ3n) is 3.60. The third kappa shape index (κ3) is 3.17. The fourth-order valence-corrected chi connectivity index (χ4v) is 3.34. The quantitative estimate of drug-likeness (QED) is 0.913. The number of nitrogens with zero attached hydrogens (tertiary/aromatic N) is 2. The molecule has 2 N–H and O–H groups in total. The van der Waals surface area contributed by atoms with Gasteiger partial charge in [0, 0.05) is 5.69 Å². The summed E-state index contributed by atoms with van der Waals surface area (Å²) in [6.07, 6.45) is 0. The Morgan fingerprint density at radius 3 is 2.39 bits per heavy atom. The van der Waals surface area contributed by atoms with Crippen molar-refractivity contribution in [3.63, 3.8) is 0 Å². The highest BCUT2D eigenvalue weighted by Crippen LogP contribution is 2.31. The van der Waals surface area contributed by atoms with Crippen LogP contribution >= 0.6 is 11.6 Å². The number of carbonyl (C=O) groups is 1. The predicted octanol–water partition coefficient (Wildman–Crippen LogP) is 1.80. The molecule has 0 aliphatic carbocycles. The SMILES string of the molecule is NS(=O)(=O)c1ccc(N2CN(c3ccccc3)CC2=O)c(Cl)c1. The van der Waals surface area contributed by atoms with Crippen LogP contribution in [-0.4, -0.2) is 27.5 Å². The molecule has 1 aliphatic rings. The molecule has 6 nitrogen and oxygen atoms in total. The number of carbonyl (C=O) groups excluding carboxylic acids is 1. The van der Waals surface area contributed by atoms with Crippen LogP contribution in [0.5, 0.6) is 0 Å². The van der Waals surface area contributed by atoms with Crippen molar-refractivity contribution in [2.45, 2.75) is 4.90 Å². The summed E-state index contributed by atoms with van der Waals surface area (Å²) >= 11 is 6.14. The average Bonchev–Trinajstić information content (AvgIpc) is 2.89. The van der Waals surface area contributed by atoms with Gasteiger partial charge < -0.3 is 4.90 Å². The molecule has 0 radical (unpaired) electrons. The molecule has 0 atom stereocenters. The first-order chi connectivity index (χ1) is 10.9. The molecular weight excluding hydrogens is 338 g/mol. The lowest BCUT2D eigenvalue weighted by molar-refractivity contribution is -0.115. The molecule has 0 saturated carbocycles. The lowest BCUT2D eigenvalue weighted by Crippen LogP contribution is -2.27. The maximum Gasteiger partial charge on any atom is 0.248 e. The van der Waals surface area contributed by atoms with Crippen molar-refractivity contribution in [3.05, 3.63) is 53.6 Å². The van der Waals surface area contributed by atoms with Crippen molar-refractivity contribution < 1.29 is 13.2 Å². The van der Waals surface area contributed by atoms with Gasteiger partial charge in [-0.3, -0.25) is 9.69 Å². The Labute approximate surface area is 139 Å². The molecule has 1 saturated heterocycles. The molecule has 0 bridgehead atoms. The molecule has 8 heteroatoms. The number of amides is 1. The van der Waals surface area contributed by atoms with Crippen LogP contribution in [0.3, 0.4) is 0 Å². The van der Waals surface area contributed by atoms with Crippen molar-refractivity contribution in [2.75, 3.05) is 23.0 Å². The van der Waals surface area contributed by atoms with E-state index in [1.165, 1.54) is 23.1 Å². The number of halogens is 1. The summed E-state index contributed by atoms with van der Waals surface area (Å²) in [4.78, 5) is 15.6. The summed E-state index contributed by atoms with van der Waals surface area (Å²) in [7, 11) is -3.83. The molecule has 120 valence electrons. The first kappa shape index (κ1) is 15.8. The minimum atomic E-state index is -3.83. The molecule has 1 heterocycles. The smallest absolute Gasteiger partial charge is 0.248 e. The number of hydrogen-bond donors (Lipinski definition) is 1. The Bertz CT molecular complexity index is 856. The summed E-state index contributed by atoms with van der Waals surface area (Å²) in [6.45, 7) is 0.578. The lowest BCUT2D eigenvalue weighted by atomic mass is 10.3. The second-order valence-corrected chi connectivity index (χ2v) is 7.12. The van der Waals surface area contributed by atoms with Gasteiger partial charge in [0.2, 0.25) is 15.9 Å². The second-order valence-electron chi connectivity index (χ2n) is 5.15. The van der Waals surface area contributed by atoms with E-state index >= 15 is 0 Å². The summed E-state index contributed by atoms with van der Waals surface area (Å²) in [5.74, 6) is -0.112. The first-order valence-electron chi connectivity index (χ1n) is 6.79. The molecule has 3 rings (SSSR count). The number of sulfonamides is 1. The molecule has 2 aromatic carbocycles.